The molecule has 162 valence electrons. The Morgan fingerprint density at radius 3 is 2.10 bits per heavy atom. The number of hydrogen-bond donors (Lipinski definition) is 0. The van der Waals surface area contributed by atoms with Gasteiger partial charge in [-0.2, -0.15) is 0 Å². The van der Waals surface area contributed by atoms with Crippen molar-refractivity contribution in [3.05, 3.63) is 42.0 Å². The maximum atomic E-state index is 13.3. The summed E-state index contributed by atoms with van der Waals surface area (Å²) in [5, 5.41) is 1.74. The third-order valence-corrected chi connectivity index (χ3v) is 4.78. The van der Waals surface area contributed by atoms with Crippen molar-refractivity contribution in [2.45, 2.75) is 38.7 Å². The lowest BCUT2D eigenvalue weighted by Crippen LogP contribution is -2.50. The SMILES string of the molecule is COC(=O)[C@](C)(C(=O)N(C)CC(=O)OC(C)(C)C)c1ccc2cc(OC)ccc2c1. The lowest BCUT2D eigenvalue weighted by Gasteiger charge is -2.31. The minimum absolute atomic E-state index is 0.284. The average Bonchev–Trinajstić information content (AvgIpc) is 2.69. The van der Waals surface area contributed by atoms with Crippen molar-refractivity contribution >= 4 is 28.6 Å². The fourth-order valence-corrected chi connectivity index (χ4v) is 3.22. The third-order valence-electron chi connectivity index (χ3n) is 4.78. The zero-order valence-electron chi connectivity index (χ0n) is 18.6. The number of rotatable bonds is 6. The number of benzene rings is 2. The van der Waals surface area contributed by atoms with Gasteiger partial charge in [-0.05, 0) is 62.2 Å². The predicted molar refractivity (Wildman–Crippen MR) is 113 cm³/mol. The quantitative estimate of drug-likeness (QED) is 0.533. The predicted octanol–water partition coefficient (Wildman–Crippen LogP) is 3.08. The molecule has 7 nitrogen and oxygen atoms in total. The standard InChI is InChI=1S/C23H29NO6/c1-22(2,3)30-19(25)14-24(5)20(26)23(4,21(27)29-7)17-10-8-16-13-18(28-6)11-9-15(16)12-17/h8-13H,14H2,1-7H3/t23-/m0/s1. The highest BCUT2D eigenvalue weighted by Crippen LogP contribution is 2.31. The summed E-state index contributed by atoms with van der Waals surface area (Å²) >= 11 is 0. The van der Waals surface area contributed by atoms with E-state index in [1.807, 2.05) is 18.2 Å². The molecular weight excluding hydrogens is 386 g/mol. The number of hydrogen-bond acceptors (Lipinski definition) is 6. The molecule has 0 heterocycles. The maximum absolute atomic E-state index is 13.3. The van der Waals surface area contributed by atoms with Gasteiger partial charge in [-0.25, -0.2) is 0 Å². The Morgan fingerprint density at radius 2 is 1.53 bits per heavy atom. The number of fused-ring (bicyclic) bond motifs is 1. The molecule has 0 spiro atoms. The Bertz CT molecular complexity index is 962. The van der Waals surface area contributed by atoms with Crippen molar-refractivity contribution in [2.24, 2.45) is 0 Å². The molecule has 2 aromatic rings. The number of amides is 1. The van der Waals surface area contributed by atoms with E-state index in [1.165, 1.54) is 26.0 Å². The van der Waals surface area contributed by atoms with E-state index in [1.54, 1.807) is 46.1 Å². The summed E-state index contributed by atoms with van der Waals surface area (Å²) in [5.74, 6) is -1.13. The average molecular weight is 415 g/mol. The molecular formula is C23H29NO6. The summed E-state index contributed by atoms with van der Waals surface area (Å²) in [5.41, 5.74) is -1.83. The molecule has 0 aliphatic heterocycles. The van der Waals surface area contributed by atoms with Crippen LogP contribution < -0.4 is 4.74 Å². The molecule has 0 aromatic heterocycles. The van der Waals surface area contributed by atoms with Gasteiger partial charge in [-0.1, -0.05) is 18.2 Å². The number of ether oxygens (including phenoxy) is 3. The zero-order valence-corrected chi connectivity index (χ0v) is 18.6. The van der Waals surface area contributed by atoms with Crippen LogP contribution in [0.1, 0.15) is 33.3 Å². The molecule has 0 saturated heterocycles. The molecule has 0 aliphatic rings. The smallest absolute Gasteiger partial charge is 0.326 e. The van der Waals surface area contributed by atoms with Gasteiger partial charge in [0.1, 0.15) is 17.9 Å². The second-order valence-electron chi connectivity index (χ2n) is 8.29. The van der Waals surface area contributed by atoms with Crippen LogP contribution in [-0.4, -0.2) is 56.2 Å². The minimum Gasteiger partial charge on any atom is -0.497 e. The first kappa shape index (κ1) is 23.2. The van der Waals surface area contributed by atoms with Gasteiger partial charge in [-0.15, -0.1) is 0 Å². The van der Waals surface area contributed by atoms with E-state index < -0.39 is 28.9 Å². The first-order valence-corrected chi connectivity index (χ1v) is 9.56. The molecule has 2 rings (SSSR count). The number of esters is 2. The number of likely N-dealkylation sites (N-methyl/N-ethyl adjacent to an activating group) is 1. The topological polar surface area (TPSA) is 82.1 Å². The second-order valence-corrected chi connectivity index (χ2v) is 8.29. The Morgan fingerprint density at radius 1 is 0.933 bits per heavy atom. The van der Waals surface area contributed by atoms with E-state index in [4.69, 9.17) is 14.2 Å². The van der Waals surface area contributed by atoms with Crippen LogP contribution >= 0.6 is 0 Å². The normalized spacial score (nSPS) is 13.3. The van der Waals surface area contributed by atoms with Crippen LogP contribution in [0.2, 0.25) is 0 Å². The molecule has 0 aliphatic carbocycles. The van der Waals surface area contributed by atoms with Crippen LogP contribution in [0.3, 0.4) is 0 Å². The van der Waals surface area contributed by atoms with E-state index in [2.05, 4.69) is 0 Å². The third kappa shape index (κ3) is 4.90. The van der Waals surface area contributed by atoms with Gasteiger partial charge in [-0.3, -0.25) is 14.4 Å². The Balaban J connectivity index is 2.41. The fourth-order valence-electron chi connectivity index (χ4n) is 3.22. The van der Waals surface area contributed by atoms with E-state index >= 15 is 0 Å². The van der Waals surface area contributed by atoms with E-state index in [0.29, 0.717) is 11.3 Å². The molecule has 7 heteroatoms. The molecule has 0 radical (unpaired) electrons. The van der Waals surface area contributed by atoms with Crippen LogP contribution in [0.5, 0.6) is 5.75 Å². The summed E-state index contributed by atoms with van der Waals surface area (Å²) < 4.78 is 15.5. The van der Waals surface area contributed by atoms with Crippen molar-refractivity contribution in [3.63, 3.8) is 0 Å². The van der Waals surface area contributed by atoms with E-state index in [0.717, 1.165) is 10.8 Å². The van der Waals surface area contributed by atoms with Crippen molar-refractivity contribution in [1.29, 1.82) is 0 Å². The lowest BCUT2D eigenvalue weighted by atomic mass is 9.80. The van der Waals surface area contributed by atoms with E-state index in [-0.39, 0.29) is 6.54 Å². The number of methoxy groups -OCH3 is 2. The molecule has 30 heavy (non-hydrogen) atoms. The second kappa shape index (κ2) is 8.73. The van der Waals surface area contributed by atoms with Crippen molar-refractivity contribution in [2.75, 3.05) is 27.8 Å². The summed E-state index contributed by atoms with van der Waals surface area (Å²) in [6.07, 6.45) is 0. The summed E-state index contributed by atoms with van der Waals surface area (Å²) in [6, 6.07) is 10.8. The molecule has 0 fully saturated rings. The van der Waals surface area contributed by atoms with Crippen LogP contribution in [0.25, 0.3) is 10.8 Å². The van der Waals surface area contributed by atoms with Gasteiger partial charge < -0.3 is 19.1 Å². The maximum Gasteiger partial charge on any atom is 0.326 e. The highest BCUT2D eigenvalue weighted by atomic mass is 16.6. The largest absolute Gasteiger partial charge is 0.497 e. The summed E-state index contributed by atoms with van der Waals surface area (Å²) in [4.78, 5) is 39.4. The van der Waals surface area contributed by atoms with Crippen molar-refractivity contribution in [1.82, 2.24) is 4.90 Å². The van der Waals surface area contributed by atoms with Gasteiger partial charge in [0.2, 0.25) is 5.91 Å². The summed E-state index contributed by atoms with van der Waals surface area (Å²) in [6.45, 7) is 6.45. The van der Waals surface area contributed by atoms with Crippen LogP contribution in [0.4, 0.5) is 0 Å². The van der Waals surface area contributed by atoms with Gasteiger partial charge in [0.05, 0.1) is 14.2 Å². The van der Waals surface area contributed by atoms with Crippen LogP contribution in [0, 0.1) is 0 Å². The first-order chi connectivity index (χ1) is 13.9. The zero-order chi connectivity index (χ0) is 22.7. The number of carbonyl (C=O) groups excluding carboxylic acids is 3. The number of nitrogens with zero attached hydrogens (tertiary/aromatic N) is 1. The number of carbonyl (C=O) groups is 3. The summed E-state index contributed by atoms with van der Waals surface area (Å²) in [7, 11) is 4.27. The molecule has 0 N–H and O–H groups in total. The molecule has 1 amide bonds. The molecule has 0 bridgehead atoms. The fraction of sp³-hybridized carbons (Fsp3) is 0.435. The van der Waals surface area contributed by atoms with Gasteiger partial charge in [0.15, 0.2) is 5.41 Å². The lowest BCUT2D eigenvalue weighted by molar-refractivity contribution is -0.163. The Kier molecular flexibility index (Phi) is 6.75. The van der Waals surface area contributed by atoms with Crippen LogP contribution in [0.15, 0.2) is 36.4 Å². The highest BCUT2D eigenvalue weighted by molar-refractivity contribution is 6.09. The molecule has 2 aromatic carbocycles. The van der Waals surface area contributed by atoms with Crippen LogP contribution in [-0.2, 0) is 29.3 Å². The van der Waals surface area contributed by atoms with Crippen molar-refractivity contribution < 1.29 is 28.6 Å². The van der Waals surface area contributed by atoms with Gasteiger partial charge in [0, 0.05) is 7.05 Å². The van der Waals surface area contributed by atoms with Crippen molar-refractivity contribution in [3.8, 4) is 5.75 Å². The Hall–Kier alpha value is -3.09. The Labute approximate surface area is 176 Å². The van der Waals surface area contributed by atoms with Gasteiger partial charge >= 0.3 is 11.9 Å². The molecule has 0 saturated carbocycles. The monoisotopic (exact) mass is 415 g/mol. The first-order valence-electron chi connectivity index (χ1n) is 9.56. The minimum atomic E-state index is -1.63. The molecule has 1 atom stereocenters. The highest BCUT2D eigenvalue weighted by Gasteiger charge is 2.46. The molecule has 0 unspecified atom stereocenters. The van der Waals surface area contributed by atoms with E-state index in [9.17, 15) is 14.4 Å². The van der Waals surface area contributed by atoms with Gasteiger partial charge in [0.25, 0.3) is 0 Å².